The van der Waals surface area contributed by atoms with Crippen LogP contribution in [0, 0.1) is 13.8 Å². The van der Waals surface area contributed by atoms with Gasteiger partial charge >= 0.3 is 0 Å². The molecule has 0 amide bonds. The van der Waals surface area contributed by atoms with Crippen molar-refractivity contribution in [3.8, 4) is 5.75 Å². The Kier molecular flexibility index (Phi) is 5.25. The third-order valence-electron chi connectivity index (χ3n) is 2.54. The predicted octanol–water partition coefficient (Wildman–Crippen LogP) is 0.865. The van der Waals surface area contributed by atoms with Gasteiger partial charge in [-0.05, 0) is 37.0 Å². The van der Waals surface area contributed by atoms with E-state index in [1.165, 1.54) is 16.7 Å². The fraction of sp³-hybridized carbons (Fsp3) is 0.500. The van der Waals surface area contributed by atoms with Crippen molar-refractivity contribution >= 4 is 0 Å². The number of nitrogens with one attached hydrogen (secondary N) is 2. The Bertz CT molecular complexity index is 316. The Hall–Kier alpha value is -1.10. The first-order chi connectivity index (χ1) is 7.69. The average molecular weight is 223 g/mol. The van der Waals surface area contributed by atoms with E-state index in [0.717, 1.165) is 18.7 Å². The van der Waals surface area contributed by atoms with Crippen LogP contribution in [-0.2, 0) is 6.42 Å². The summed E-state index contributed by atoms with van der Waals surface area (Å²) in [5.41, 5.74) is 6.26. The van der Waals surface area contributed by atoms with Crippen LogP contribution in [0.1, 0.15) is 16.7 Å². The highest BCUT2D eigenvalue weighted by atomic mass is 16.5. The maximum atomic E-state index is 5.33. The predicted molar refractivity (Wildman–Crippen MR) is 66.4 cm³/mol. The van der Waals surface area contributed by atoms with Gasteiger partial charge in [-0.1, -0.05) is 12.1 Å². The van der Waals surface area contributed by atoms with Crippen LogP contribution in [0.2, 0.25) is 0 Å². The molecule has 0 fully saturated rings. The van der Waals surface area contributed by atoms with E-state index in [4.69, 9.17) is 10.6 Å². The topological polar surface area (TPSA) is 59.3 Å². The molecule has 0 aliphatic rings. The Labute approximate surface area is 97.1 Å². The average Bonchev–Trinajstić information content (AvgIpc) is 2.24. The van der Waals surface area contributed by atoms with Crippen LogP contribution in [0.3, 0.4) is 0 Å². The first kappa shape index (κ1) is 13.0. The van der Waals surface area contributed by atoms with E-state index in [2.05, 4.69) is 36.7 Å². The van der Waals surface area contributed by atoms with E-state index in [0.29, 0.717) is 6.67 Å². The summed E-state index contributed by atoms with van der Waals surface area (Å²) >= 11 is 0. The molecule has 0 unspecified atom stereocenters. The van der Waals surface area contributed by atoms with Crippen molar-refractivity contribution in [3.05, 3.63) is 28.8 Å². The fourth-order valence-corrected chi connectivity index (χ4v) is 1.90. The van der Waals surface area contributed by atoms with Crippen LogP contribution in [0.5, 0.6) is 5.75 Å². The van der Waals surface area contributed by atoms with Gasteiger partial charge in [0.1, 0.15) is 5.75 Å². The maximum absolute atomic E-state index is 5.33. The second-order valence-electron chi connectivity index (χ2n) is 3.89. The number of aryl methyl sites for hydroxylation is 2. The summed E-state index contributed by atoms with van der Waals surface area (Å²) in [4.78, 5) is 0. The van der Waals surface area contributed by atoms with Crippen LogP contribution in [0.15, 0.2) is 12.1 Å². The van der Waals surface area contributed by atoms with E-state index in [1.807, 2.05) is 0 Å². The van der Waals surface area contributed by atoms with Crippen LogP contribution in [0.4, 0.5) is 0 Å². The second kappa shape index (κ2) is 6.48. The smallest absolute Gasteiger partial charge is 0.124 e. The first-order valence-electron chi connectivity index (χ1n) is 5.47. The standard InChI is InChI=1S/C12H21N3O/c1-9-6-11(4-5-14-8-15-13)7-10(2)12(9)16-3/h6-7,14-15H,4-5,8,13H2,1-3H3. The molecule has 0 saturated carbocycles. The van der Waals surface area contributed by atoms with Crippen molar-refractivity contribution in [1.82, 2.24) is 10.7 Å². The summed E-state index contributed by atoms with van der Waals surface area (Å²) in [6, 6.07) is 4.34. The number of rotatable bonds is 6. The van der Waals surface area contributed by atoms with E-state index in [9.17, 15) is 0 Å². The van der Waals surface area contributed by atoms with E-state index in [1.54, 1.807) is 7.11 Å². The molecule has 90 valence electrons. The van der Waals surface area contributed by atoms with E-state index >= 15 is 0 Å². The molecule has 1 aromatic rings. The minimum Gasteiger partial charge on any atom is -0.496 e. The molecule has 4 nitrogen and oxygen atoms in total. The van der Waals surface area contributed by atoms with Crippen molar-refractivity contribution in [1.29, 1.82) is 0 Å². The van der Waals surface area contributed by atoms with Gasteiger partial charge in [-0.3, -0.25) is 5.84 Å². The molecule has 0 heterocycles. The van der Waals surface area contributed by atoms with Gasteiger partial charge in [0.2, 0.25) is 0 Å². The number of benzene rings is 1. The lowest BCUT2D eigenvalue weighted by atomic mass is 10.0. The lowest BCUT2D eigenvalue weighted by Gasteiger charge is -2.11. The molecular formula is C12H21N3O. The van der Waals surface area contributed by atoms with Gasteiger partial charge in [-0.2, -0.15) is 0 Å². The molecular weight excluding hydrogens is 202 g/mol. The molecule has 0 saturated heterocycles. The Morgan fingerprint density at radius 3 is 2.38 bits per heavy atom. The number of ether oxygens (including phenoxy) is 1. The number of methoxy groups -OCH3 is 1. The summed E-state index contributed by atoms with van der Waals surface area (Å²) in [7, 11) is 1.71. The molecule has 0 aromatic heterocycles. The lowest BCUT2D eigenvalue weighted by molar-refractivity contribution is 0.408. The molecule has 1 aromatic carbocycles. The van der Waals surface area contributed by atoms with Gasteiger partial charge in [0.15, 0.2) is 0 Å². The van der Waals surface area contributed by atoms with Crippen molar-refractivity contribution in [3.63, 3.8) is 0 Å². The summed E-state index contributed by atoms with van der Waals surface area (Å²) in [5, 5.41) is 3.18. The highest BCUT2D eigenvalue weighted by Gasteiger charge is 2.04. The van der Waals surface area contributed by atoms with E-state index < -0.39 is 0 Å². The highest BCUT2D eigenvalue weighted by Crippen LogP contribution is 2.24. The minimum absolute atomic E-state index is 0.633. The second-order valence-corrected chi connectivity index (χ2v) is 3.89. The number of hydrogen-bond acceptors (Lipinski definition) is 4. The third-order valence-corrected chi connectivity index (χ3v) is 2.54. The van der Waals surface area contributed by atoms with Crippen LogP contribution < -0.4 is 21.3 Å². The zero-order valence-corrected chi connectivity index (χ0v) is 10.3. The molecule has 1 rings (SSSR count). The zero-order valence-electron chi connectivity index (χ0n) is 10.3. The quantitative estimate of drug-likeness (QED) is 0.290. The summed E-state index contributed by atoms with van der Waals surface area (Å²) in [6.45, 7) is 5.69. The van der Waals surface area contributed by atoms with Crippen LogP contribution in [-0.4, -0.2) is 20.3 Å². The number of nitrogens with two attached hydrogens (primary N) is 1. The van der Waals surface area contributed by atoms with Gasteiger partial charge in [0.05, 0.1) is 13.8 Å². The molecule has 0 radical (unpaired) electrons. The highest BCUT2D eigenvalue weighted by molar-refractivity contribution is 5.43. The Morgan fingerprint density at radius 1 is 1.25 bits per heavy atom. The van der Waals surface area contributed by atoms with Crippen LogP contribution >= 0.6 is 0 Å². The fourth-order valence-electron chi connectivity index (χ4n) is 1.90. The minimum atomic E-state index is 0.633. The molecule has 0 spiro atoms. The van der Waals surface area contributed by atoms with Crippen molar-refractivity contribution < 1.29 is 4.74 Å². The van der Waals surface area contributed by atoms with Crippen molar-refractivity contribution in [2.75, 3.05) is 20.3 Å². The van der Waals surface area contributed by atoms with Gasteiger partial charge in [0, 0.05) is 6.54 Å². The number of hydrogen-bond donors (Lipinski definition) is 3. The molecule has 0 aliphatic carbocycles. The molecule has 16 heavy (non-hydrogen) atoms. The molecule has 0 atom stereocenters. The normalized spacial score (nSPS) is 10.5. The summed E-state index contributed by atoms with van der Waals surface area (Å²) in [5.74, 6) is 6.15. The maximum Gasteiger partial charge on any atom is 0.124 e. The van der Waals surface area contributed by atoms with Gasteiger partial charge in [-0.15, -0.1) is 0 Å². The van der Waals surface area contributed by atoms with Crippen molar-refractivity contribution in [2.24, 2.45) is 5.84 Å². The Balaban J connectivity index is 2.61. The van der Waals surface area contributed by atoms with Gasteiger partial charge in [-0.25, -0.2) is 5.43 Å². The van der Waals surface area contributed by atoms with Crippen molar-refractivity contribution in [2.45, 2.75) is 20.3 Å². The first-order valence-corrected chi connectivity index (χ1v) is 5.47. The van der Waals surface area contributed by atoms with Gasteiger partial charge in [0.25, 0.3) is 0 Å². The largest absolute Gasteiger partial charge is 0.496 e. The third kappa shape index (κ3) is 3.48. The lowest BCUT2D eigenvalue weighted by Crippen LogP contribution is -2.34. The Morgan fingerprint density at radius 2 is 1.88 bits per heavy atom. The SMILES string of the molecule is COc1c(C)cc(CCNCNN)cc1C. The summed E-state index contributed by atoms with van der Waals surface area (Å²) < 4.78 is 5.33. The monoisotopic (exact) mass is 223 g/mol. The van der Waals surface area contributed by atoms with Gasteiger partial charge < -0.3 is 10.1 Å². The zero-order chi connectivity index (χ0) is 12.0. The molecule has 4 N–H and O–H groups in total. The number of hydrazine groups is 1. The van der Waals surface area contributed by atoms with Crippen LogP contribution in [0.25, 0.3) is 0 Å². The molecule has 0 bridgehead atoms. The molecule has 4 heteroatoms. The molecule has 0 aliphatic heterocycles. The summed E-state index contributed by atoms with van der Waals surface area (Å²) in [6.07, 6.45) is 0.993. The van der Waals surface area contributed by atoms with E-state index in [-0.39, 0.29) is 0 Å².